The molecule has 0 aromatic rings. The van der Waals surface area contributed by atoms with Crippen LogP contribution >= 0.6 is 0 Å². The number of hydrogen-bond acceptors (Lipinski definition) is 6. The molecule has 1 atom stereocenters. The Hall–Kier alpha value is -3.67. The first kappa shape index (κ1) is 79.3. The Morgan fingerprint density at radius 1 is 0.253 bits per heavy atom. The van der Waals surface area contributed by atoms with Gasteiger partial charge >= 0.3 is 17.9 Å². The molecule has 0 aromatic carbocycles. The Labute approximate surface area is 515 Å². The van der Waals surface area contributed by atoms with Gasteiger partial charge < -0.3 is 14.2 Å². The van der Waals surface area contributed by atoms with Crippen molar-refractivity contribution < 1.29 is 28.6 Å². The first-order chi connectivity index (χ1) is 41.0. The van der Waals surface area contributed by atoms with Gasteiger partial charge in [-0.25, -0.2) is 0 Å². The predicted octanol–water partition coefficient (Wildman–Crippen LogP) is 24.8. The van der Waals surface area contributed by atoms with E-state index in [1.165, 1.54) is 205 Å². The van der Waals surface area contributed by atoms with E-state index in [1.54, 1.807) is 0 Å². The summed E-state index contributed by atoms with van der Waals surface area (Å²) in [7, 11) is 0. The fraction of sp³-hybridized carbons (Fsp3) is 0.753. The molecule has 6 nitrogen and oxygen atoms in total. The van der Waals surface area contributed by atoms with Crippen molar-refractivity contribution in [2.75, 3.05) is 13.2 Å². The Bertz CT molecular complexity index is 1610. The number of ether oxygens (including phenoxy) is 3. The topological polar surface area (TPSA) is 78.9 Å². The van der Waals surface area contributed by atoms with E-state index < -0.39 is 6.10 Å². The standard InChI is InChI=1S/C77H134O6/c1-4-7-10-13-16-19-21-23-25-27-29-31-33-35-36-37-38-39-40-42-43-45-47-49-51-53-55-58-61-64-67-70-76(79)82-73-74(72-81-75(78)69-66-63-60-57-18-15-12-9-6-3)83-77(80)71-68-65-62-59-56-54-52-50-48-46-44-41-34-32-30-28-26-24-22-20-17-14-11-8-5-2/h7,10,16,19,23,25,28-31,35-36,38-39,42-43,74H,4-6,8-9,11-15,17-18,20-22,24,26-27,32-34,37,40-41,44-73H2,1-3H3/b10-7-,19-16-,25-23-,30-28-,31-29-,36-35-,39-38-,43-42-. The minimum absolute atomic E-state index is 0.0753. The summed E-state index contributed by atoms with van der Waals surface area (Å²) in [5.41, 5.74) is 0. The number of allylic oxidation sites excluding steroid dienone is 16. The van der Waals surface area contributed by atoms with E-state index in [1.807, 2.05) is 0 Å². The van der Waals surface area contributed by atoms with Gasteiger partial charge in [0.15, 0.2) is 6.10 Å². The maximum absolute atomic E-state index is 12.9. The van der Waals surface area contributed by atoms with Gasteiger partial charge in [-0.15, -0.1) is 0 Å². The van der Waals surface area contributed by atoms with E-state index in [-0.39, 0.29) is 31.1 Å². The van der Waals surface area contributed by atoms with E-state index in [0.29, 0.717) is 19.3 Å². The summed E-state index contributed by atoms with van der Waals surface area (Å²) in [5.74, 6) is -0.869. The lowest BCUT2D eigenvalue weighted by Crippen LogP contribution is -2.30. The highest BCUT2D eigenvalue weighted by Gasteiger charge is 2.19. The lowest BCUT2D eigenvalue weighted by atomic mass is 10.0. The van der Waals surface area contributed by atoms with Gasteiger partial charge in [-0.3, -0.25) is 14.4 Å². The Kier molecular flexibility index (Phi) is 67.7. The number of rotatable bonds is 65. The summed E-state index contributed by atoms with van der Waals surface area (Å²) in [6, 6.07) is 0. The predicted molar refractivity (Wildman–Crippen MR) is 362 cm³/mol. The van der Waals surface area contributed by atoms with E-state index >= 15 is 0 Å². The molecule has 0 aliphatic rings. The van der Waals surface area contributed by atoms with E-state index in [9.17, 15) is 14.4 Å². The maximum atomic E-state index is 12.9. The summed E-state index contributed by atoms with van der Waals surface area (Å²) in [5, 5.41) is 0. The van der Waals surface area contributed by atoms with Crippen LogP contribution in [0.4, 0.5) is 0 Å². The van der Waals surface area contributed by atoms with Gasteiger partial charge in [0.1, 0.15) is 13.2 Å². The monoisotopic (exact) mass is 1160 g/mol. The lowest BCUT2D eigenvalue weighted by Gasteiger charge is -2.18. The highest BCUT2D eigenvalue weighted by Crippen LogP contribution is 2.17. The second-order valence-corrected chi connectivity index (χ2v) is 23.8. The van der Waals surface area contributed by atoms with Gasteiger partial charge in [0.25, 0.3) is 0 Å². The molecular formula is C77H134O6. The number of unbranched alkanes of at least 4 members (excludes halogenated alkanes) is 38. The molecule has 0 amide bonds. The van der Waals surface area contributed by atoms with Crippen LogP contribution in [0.5, 0.6) is 0 Å². The van der Waals surface area contributed by atoms with Crippen LogP contribution in [-0.4, -0.2) is 37.2 Å². The summed E-state index contributed by atoms with van der Waals surface area (Å²) < 4.78 is 16.9. The van der Waals surface area contributed by atoms with Gasteiger partial charge in [0, 0.05) is 19.3 Å². The first-order valence-electron chi connectivity index (χ1n) is 35.7. The molecule has 0 bridgehead atoms. The number of esters is 3. The molecule has 0 aliphatic carbocycles. The zero-order valence-electron chi connectivity index (χ0n) is 54.9. The third kappa shape index (κ3) is 69.0. The molecule has 478 valence electrons. The van der Waals surface area contributed by atoms with E-state index in [0.717, 1.165) is 109 Å². The normalized spacial score (nSPS) is 12.7. The van der Waals surface area contributed by atoms with Crippen molar-refractivity contribution in [2.24, 2.45) is 0 Å². The quantitative estimate of drug-likeness (QED) is 0.0261. The molecule has 6 heteroatoms. The molecule has 0 rings (SSSR count). The van der Waals surface area contributed by atoms with Crippen LogP contribution < -0.4 is 0 Å². The number of carbonyl (C=O) groups excluding carboxylic acids is 3. The Morgan fingerprint density at radius 3 is 0.747 bits per heavy atom. The van der Waals surface area contributed by atoms with Crippen LogP contribution in [0.25, 0.3) is 0 Å². The molecule has 0 aliphatic heterocycles. The second kappa shape index (κ2) is 70.8. The molecule has 0 spiro atoms. The SMILES string of the molecule is CC/C=C\C/C=C\C/C=C\C/C=C\C/C=C\C/C=C\C/C=C\CCCCCCCCCCCC(=O)OCC(COC(=O)CCCCCCCCCCC)OC(=O)CCCCCCCCCCCCCCC/C=C\CCCCCCCCCC. The molecular weight excluding hydrogens is 1020 g/mol. The zero-order valence-corrected chi connectivity index (χ0v) is 54.9. The lowest BCUT2D eigenvalue weighted by molar-refractivity contribution is -0.167. The van der Waals surface area contributed by atoms with Crippen molar-refractivity contribution in [3.05, 3.63) is 97.2 Å². The highest BCUT2D eigenvalue weighted by atomic mass is 16.6. The molecule has 83 heavy (non-hydrogen) atoms. The van der Waals surface area contributed by atoms with E-state index in [4.69, 9.17) is 14.2 Å². The number of hydrogen-bond donors (Lipinski definition) is 0. The van der Waals surface area contributed by atoms with Crippen molar-refractivity contribution >= 4 is 17.9 Å². The summed E-state index contributed by atoms with van der Waals surface area (Å²) in [6.07, 6.45) is 95.9. The van der Waals surface area contributed by atoms with E-state index in [2.05, 4.69) is 118 Å². The van der Waals surface area contributed by atoms with Gasteiger partial charge in [0.05, 0.1) is 0 Å². The third-order valence-corrected chi connectivity index (χ3v) is 15.6. The van der Waals surface area contributed by atoms with Crippen LogP contribution in [0.3, 0.4) is 0 Å². The van der Waals surface area contributed by atoms with Gasteiger partial charge in [-0.1, -0.05) is 330 Å². The van der Waals surface area contributed by atoms with Crippen molar-refractivity contribution in [2.45, 2.75) is 361 Å². The van der Waals surface area contributed by atoms with Crippen LogP contribution in [0.1, 0.15) is 355 Å². The van der Waals surface area contributed by atoms with Crippen LogP contribution in [0.15, 0.2) is 97.2 Å². The maximum Gasteiger partial charge on any atom is 0.306 e. The molecule has 0 saturated carbocycles. The first-order valence-corrected chi connectivity index (χ1v) is 35.7. The summed E-state index contributed by atoms with van der Waals surface area (Å²) in [6.45, 7) is 6.54. The minimum atomic E-state index is -0.778. The fourth-order valence-electron chi connectivity index (χ4n) is 10.2. The summed E-state index contributed by atoms with van der Waals surface area (Å²) in [4.78, 5) is 38.3. The average Bonchev–Trinajstić information content (AvgIpc) is 3.49. The second-order valence-electron chi connectivity index (χ2n) is 23.8. The third-order valence-electron chi connectivity index (χ3n) is 15.6. The smallest absolute Gasteiger partial charge is 0.306 e. The number of carbonyl (C=O) groups is 3. The van der Waals surface area contributed by atoms with Gasteiger partial charge in [0.2, 0.25) is 0 Å². The van der Waals surface area contributed by atoms with Crippen molar-refractivity contribution in [1.29, 1.82) is 0 Å². The highest BCUT2D eigenvalue weighted by molar-refractivity contribution is 5.71. The Morgan fingerprint density at radius 2 is 0.470 bits per heavy atom. The van der Waals surface area contributed by atoms with Crippen LogP contribution in [0, 0.1) is 0 Å². The Balaban J connectivity index is 4.17. The van der Waals surface area contributed by atoms with Crippen LogP contribution in [0.2, 0.25) is 0 Å². The van der Waals surface area contributed by atoms with Gasteiger partial charge in [-0.2, -0.15) is 0 Å². The average molecular weight is 1160 g/mol. The molecule has 1 unspecified atom stereocenters. The molecule has 0 saturated heterocycles. The molecule has 0 fully saturated rings. The minimum Gasteiger partial charge on any atom is -0.462 e. The molecule has 0 aromatic heterocycles. The summed E-state index contributed by atoms with van der Waals surface area (Å²) >= 11 is 0. The molecule has 0 heterocycles. The van der Waals surface area contributed by atoms with Crippen molar-refractivity contribution in [1.82, 2.24) is 0 Å². The fourth-order valence-corrected chi connectivity index (χ4v) is 10.2. The zero-order chi connectivity index (χ0) is 59.9. The molecule has 0 N–H and O–H groups in total. The van der Waals surface area contributed by atoms with Crippen molar-refractivity contribution in [3.8, 4) is 0 Å². The van der Waals surface area contributed by atoms with Crippen molar-refractivity contribution in [3.63, 3.8) is 0 Å². The van der Waals surface area contributed by atoms with Gasteiger partial charge in [-0.05, 0) is 103 Å². The largest absolute Gasteiger partial charge is 0.462 e. The van der Waals surface area contributed by atoms with Crippen LogP contribution in [-0.2, 0) is 28.6 Å². The molecule has 0 radical (unpaired) electrons.